The Hall–Kier alpha value is -1.04. The summed E-state index contributed by atoms with van der Waals surface area (Å²) in [6, 6.07) is 0. The van der Waals surface area contributed by atoms with E-state index in [-0.39, 0.29) is 0 Å². The normalized spacial score (nSPS) is 12.0. The highest BCUT2D eigenvalue weighted by molar-refractivity contribution is 5.03. The van der Waals surface area contributed by atoms with Gasteiger partial charge in [-0.25, -0.2) is 0 Å². The summed E-state index contributed by atoms with van der Waals surface area (Å²) in [5.74, 6) is 0.740. The topological polar surface area (TPSA) is 0 Å². The van der Waals surface area contributed by atoms with Crippen LogP contribution in [0.5, 0.6) is 0 Å². The minimum absolute atomic E-state index is 0.740. The Morgan fingerprint density at radius 3 is 2.00 bits per heavy atom. The molecule has 0 bridgehead atoms. The summed E-state index contributed by atoms with van der Waals surface area (Å²) in [7, 11) is 0. The van der Waals surface area contributed by atoms with Gasteiger partial charge in [0.25, 0.3) is 0 Å². The van der Waals surface area contributed by atoms with Gasteiger partial charge in [-0.05, 0) is 50.9 Å². The first-order chi connectivity index (χ1) is 10.2. The largest absolute Gasteiger partial charge is 0.103 e. The highest BCUT2D eigenvalue weighted by Crippen LogP contribution is 2.20. The van der Waals surface area contributed by atoms with Crippen LogP contribution in [0.25, 0.3) is 0 Å². The van der Waals surface area contributed by atoms with Crippen LogP contribution in [0.15, 0.2) is 49.6 Å². The van der Waals surface area contributed by atoms with E-state index in [1.165, 1.54) is 38.5 Å². The summed E-state index contributed by atoms with van der Waals surface area (Å²) in [5.41, 5.74) is 1.62. The fourth-order valence-corrected chi connectivity index (χ4v) is 2.21. The second-order valence-electron chi connectivity index (χ2n) is 5.72. The van der Waals surface area contributed by atoms with Crippen LogP contribution in [0, 0.1) is 5.92 Å². The lowest BCUT2D eigenvalue weighted by Crippen LogP contribution is -1.96. The maximum atomic E-state index is 3.80. The van der Waals surface area contributed by atoms with Gasteiger partial charge in [-0.3, -0.25) is 0 Å². The van der Waals surface area contributed by atoms with Crippen LogP contribution in [0.4, 0.5) is 0 Å². The van der Waals surface area contributed by atoms with Gasteiger partial charge < -0.3 is 0 Å². The lowest BCUT2D eigenvalue weighted by Gasteiger charge is -2.12. The van der Waals surface area contributed by atoms with E-state index in [0.29, 0.717) is 0 Å². The number of unbranched alkanes of at least 4 members (excludes halogenated alkanes) is 3. The van der Waals surface area contributed by atoms with E-state index < -0.39 is 0 Å². The average Bonchev–Trinajstić information content (AvgIpc) is 2.46. The first-order valence-corrected chi connectivity index (χ1v) is 8.66. The van der Waals surface area contributed by atoms with Gasteiger partial charge in [0.05, 0.1) is 0 Å². The zero-order valence-corrected chi connectivity index (χ0v) is 14.9. The molecule has 0 aromatic heterocycles. The van der Waals surface area contributed by atoms with Gasteiger partial charge in [-0.15, -0.1) is 19.7 Å². The molecule has 0 aliphatic heterocycles. The van der Waals surface area contributed by atoms with Crippen molar-refractivity contribution in [1.29, 1.82) is 0 Å². The molecule has 0 N–H and O–H groups in total. The molecule has 122 valence electrons. The quantitative estimate of drug-likeness (QED) is 0.256. The lowest BCUT2D eigenvalue weighted by atomic mass is 9.94. The predicted octanol–water partition coefficient (Wildman–Crippen LogP) is 7.64. The van der Waals surface area contributed by atoms with E-state index in [2.05, 4.69) is 46.6 Å². The summed E-state index contributed by atoms with van der Waals surface area (Å²) in [6.07, 6.45) is 19.3. The fraction of sp³-hybridized carbons (Fsp3) is 0.619. The fourth-order valence-electron chi connectivity index (χ4n) is 2.21. The lowest BCUT2D eigenvalue weighted by molar-refractivity contribution is 0.568. The number of allylic oxidation sites excluding steroid dienone is 5. The van der Waals surface area contributed by atoms with E-state index >= 15 is 0 Å². The van der Waals surface area contributed by atoms with Crippen molar-refractivity contribution in [2.75, 3.05) is 0 Å². The van der Waals surface area contributed by atoms with Crippen LogP contribution in [-0.2, 0) is 0 Å². The second kappa shape index (κ2) is 19.0. The Morgan fingerprint density at radius 1 is 0.952 bits per heavy atom. The third-order valence-corrected chi connectivity index (χ3v) is 3.34. The molecule has 0 saturated carbocycles. The molecule has 0 aromatic carbocycles. The Morgan fingerprint density at radius 2 is 1.57 bits per heavy atom. The van der Waals surface area contributed by atoms with Gasteiger partial charge in [-0.2, -0.15) is 0 Å². The van der Waals surface area contributed by atoms with Crippen molar-refractivity contribution in [1.82, 2.24) is 0 Å². The molecule has 1 unspecified atom stereocenters. The van der Waals surface area contributed by atoms with Crippen molar-refractivity contribution in [2.45, 2.75) is 78.6 Å². The van der Waals surface area contributed by atoms with Gasteiger partial charge in [-0.1, -0.05) is 63.5 Å². The molecule has 0 nitrogen and oxygen atoms in total. The van der Waals surface area contributed by atoms with Gasteiger partial charge in [0.1, 0.15) is 0 Å². The van der Waals surface area contributed by atoms with Crippen molar-refractivity contribution >= 4 is 0 Å². The Bertz CT molecular complexity index is 270. The zero-order chi connectivity index (χ0) is 16.3. The third-order valence-electron chi connectivity index (χ3n) is 3.34. The van der Waals surface area contributed by atoms with Crippen molar-refractivity contribution < 1.29 is 0 Å². The van der Waals surface area contributed by atoms with E-state index in [0.717, 1.165) is 25.2 Å². The molecule has 0 heteroatoms. The van der Waals surface area contributed by atoms with E-state index in [9.17, 15) is 0 Å². The SMILES string of the molecule is C=CCCCC.C=CCCCC(=CCC)CC(C)CC=C. The Labute approximate surface area is 134 Å². The molecule has 0 aromatic rings. The second-order valence-corrected chi connectivity index (χ2v) is 5.72. The molecule has 0 heterocycles. The minimum atomic E-state index is 0.740. The summed E-state index contributed by atoms with van der Waals surface area (Å²) < 4.78 is 0. The molecular formula is C21H38. The average molecular weight is 291 g/mol. The van der Waals surface area contributed by atoms with E-state index in [1.807, 2.05) is 18.2 Å². The zero-order valence-electron chi connectivity index (χ0n) is 14.9. The molecule has 0 saturated heterocycles. The maximum Gasteiger partial charge on any atom is -0.0291 e. The van der Waals surface area contributed by atoms with Crippen molar-refractivity contribution in [2.24, 2.45) is 5.92 Å². The molecule has 21 heavy (non-hydrogen) atoms. The van der Waals surface area contributed by atoms with E-state index in [1.54, 1.807) is 5.57 Å². The summed E-state index contributed by atoms with van der Waals surface area (Å²) >= 11 is 0. The smallest absolute Gasteiger partial charge is 0.0291 e. The summed E-state index contributed by atoms with van der Waals surface area (Å²) in [4.78, 5) is 0. The Kier molecular flexibility index (Phi) is 20.1. The van der Waals surface area contributed by atoms with Crippen LogP contribution < -0.4 is 0 Å². The number of hydrogen-bond donors (Lipinski definition) is 0. The van der Waals surface area contributed by atoms with Crippen molar-refractivity contribution in [3.05, 3.63) is 49.6 Å². The van der Waals surface area contributed by atoms with E-state index in [4.69, 9.17) is 0 Å². The molecule has 0 aliphatic carbocycles. The first-order valence-electron chi connectivity index (χ1n) is 8.66. The van der Waals surface area contributed by atoms with Crippen LogP contribution in [0.3, 0.4) is 0 Å². The van der Waals surface area contributed by atoms with Gasteiger partial charge >= 0.3 is 0 Å². The molecular weight excluding hydrogens is 252 g/mol. The first kappa shape index (κ1) is 22.2. The molecule has 1 atom stereocenters. The highest BCUT2D eigenvalue weighted by Gasteiger charge is 2.03. The van der Waals surface area contributed by atoms with Crippen LogP contribution in [0.2, 0.25) is 0 Å². The maximum absolute atomic E-state index is 3.80. The standard InChI is InChI=1S/C15H26.C6H12/c1-5-8-9-12-15(11-7-3)13-14(4)10-6-2;1-3-5-6-4-2/h5-6,11,14H,1-2,7-10,12-13H2,3-4H3;3H,1,4-6H2,2H3. The monoisotopic (exact) mass is 290 g/mol. The molecule has 0 fully saturated rings. The van der Waals surface area contributed by atoms with Crippen molar-refractivity contribution in [3.63, 3.8) is 0 Å². The Balaban J connectivity index is 0. The number of hydrogen-bond acceptors (Lipinski definition) is 0. The molecule has 0 amide bonds. The molecule has 0 aliphatic rings. The molecule has 0 rings (SSSR count). The minimum Gasteiger partial charge on any atom is -0.103 e. The highest BCUT2D eigenvalue weighted by atomic mass is 14.1. The van der Waals surface area contributed by atoms with Crippen molar-refractivity contribution in [3.8, 4) is 0 Å². The molecule has 0 spiro atoms. The van der Waals surface area contributed by atoms with Gasteiger partial charge in [0, 0.05) is 0 Å². The summed E-state index contributed by atoms with van der Waals surface area (Å²) in [6.45, 7) is 17.9. The van der Waals surface area contributed by atoms with Gasteiger partial charge in [0.2, 0.25) is 0 Å². The predicted molar refractivity (Wildman–Crippen MR) is 101 cm³/mol. The van der Waals surface area contributed by atoms with Crippen LogP contribution in [0.1, 0.15) is 78.6 Å². The third kappa shape index (κ3) is 19.0. The molecule has 0 radical (unpaired) electrons. The summed E-state index contributed by atoms with van der Waals surface area (Å²) in [5, 5.41) is 0. The van der Waals surface area contributed by atoms with Crippen LogP contribution >= 0.6 is 0 Å². The van der Waals surface area contributed by atoms with Gasteiger partial charge in [0.15, 0.2) is 0 Å². The number of rotatable bonds is 12. The van der Waals surface area contributed by atoms with Crippen LogP contribution in [-0.4, -0.2) is 0 Å².